The molecule has 1 amide bonds. The molecule has 2 rings (SSSR count). The van der Waals surface area contributed by atoms with Crippen LogP contribution < -0.4 is 10.1 Å². The average molecular weight is 365 g/mol. The Balaban J connectivity index is 1.89. The van der Waals surface area contributed by atoms with Crippen molar-refractivity contribution in [2.45, 2.75) is 39.2 Å². The van der Waals surface area contributed by atoms with E-state index in [-0.39, 0.29) is 18.6 Å². The van der Waals surface area contributed by atoms with Crippen LogP contribution in [0.2, 0.25) is 15.1 Å². The van der Waals surface area contributed by atoms with Crippen LogP contribution in [0.1, 0.15) is 33.1 Å². The quantitative estimate of drug-likeness (QED) is 0.766. The minimum atomic E-state index is -0.145. The van der Waals surface area contributed by atoms with E-state index >= 15 is 0 Å². The van der Waals surface area contributed by atoms with Crippen molar-refractivity contribution in [1.82, 2.24) is 5.32 Å². The standard InChI is InChI=1S/C16H20Cl3NO2/c1-9-4-3-5-14(10(9)2)20-16(21)8-22-15-7-12(18)11(17)6-13(15)19/h6-7,9-10,14H,3-5,8H2,1-2H3,(H,20,21)/t9-,10+,14-/m0/s1. The summed E-state index contributed by atoms with van der Waals surface area (Å²) in [5.41, 5.74) is 0. The lowest BCUT2D eigenvalue weighted by Crippen LogP contribution is -2.45. The van der Waals surface area contributed by atoms with Gasteiger partial charge in [0, 0.05) is 12.1 Å². The van der Waals surface area contributed by atoms with E-state index in [9.17, 15) is 4.79 Å². The van der Waals surface area contributed by atoms with Gasteiger partial charge in [0.05, 0.1) is 15.1 Å². The summed E-state index contributed by atoms with van der Waals surface area (Å²) in [7, 11) is 0. The van der Waals surface area contributed by atoms with E-state index in [1.807, 2.05) is 0 Å². The topological polar surface area (TPSA) is 38.3 Å². The van der Waals surface area contributed by atoms with Gasteiger partial charge in [0.2, 0.25) is 0 Å². The third-order valence-corrected chi connectivity index (χ3v) is 5.40. The van der Waals surface area contributed by atoms with Gasteiger partial charge in [0.15, 0.2) is 6.61 Å². The minimum absolute atomic E-state index is 0.0880. The molecule has 0 unspecified atom stereocenters. The fraction of sp³-hybridized carbons (Fsp3) is 0.562. The van der Waals surface area contributed by atoms with Crippen LogP contribution in [-0.2, 0) is 4.79 Å². The van der Waals surface area contributed by atoms with Crippen molar-refractivity contribution in [3.63, 3.8) is 0 Å². The second-order valence-electron chi connectivity index (χ2n) is 5.93. The highest BCUT2D eigenvalue weighted by Gasteiger charge is 2.28. The Morgan fingerprint density at radius 3 is 2.59 bits per heavy atom. The first-order valence-electron chi connectivity index (χ1n) is 7.45. The Kier molecular flexibility index (Phi) is 6.25. The van der Waals surface area contributed by atoms with Gasteiger partial charge in [-0.3, -0.25) is 4.79 Å². The second kappa shape index (κ2) is 7.76. The molecule has 1 aromatic rings. The molecule has 1 fully saturated rings. The number of hydrogen-bond donors (Lipinski definition) is 1. The van der Waals surface area contributed by atoms with Gasteiger partial charge in [-0.1, -0.05) is 61.5 Å². The van der Waals surface area contributed by atoms with Crippen LogP contribution in [0.15, 0.2) is 12.1 Å². The number of amides is 1. The number of hydrogen-bond acceptors (Lipinski definition) is 2. The Morgan fingerprint density at radius 2 is 1.86 bits per heavy atom. The van der Waals surface area contributed by atoms with Gasteiger partial charge in [-0.05, 0) is 24.3 Å². The fourth-order valence-corrected chi connectivity index (χ4v) is 3.38. The summed E-state index contributed by atoms with van der Waals surface area (Å²) in [6, 6.07) is 3.23. The molecule has 0 bridgehead atoms. The fourth-order valence-electron chi connectivity index (χ4n) is 2.79. The van der Waals surface area contributed by atoms with Gasteiger partial charge in [-0.25, -0.2) is 0 Å². The normalized spacial score (nSPS) is 24.9. The highest BCUT2D eigenvalue weighted by Crippen LogP contribution is 2.34. The summed E-state index contributed by atoms with van der Waals surface area (Å²) >= 11 is 17.8. The van der Waals surface area contributed by atoms with Crippen LogP contribution in [0.25, 0.3) is 0 Å². The molecular formula is C16H20Cl3NO2. The van der Waals surface area contributed by atoms with Crippen molar-refractivity contribution in [3.8, 4) is 5.75 Å². The van der Waals surface area contributed by atoms with Crippen LogP contribution >= 0.6 is 34.8 Å². The maximum Gasteiger partial charge on any atom is 0.258 e. The first kappa shape index (κ1) is 17.7. The predicted molar refractivity (Wildman–Crippen MR) is 91.1 cm³/mol. The molecule has 6 heteroatoms. The van der Waals surface area contributed by atoms with Crippen molar-refractivity contribution in [2.75, 3.05) is 6.61 Å². The van der Waals surface area contributed by atoms with Gasteiger partial charge in [0.1, 0.15) is 5.75 Å². The molecule has 3 nitrogen and oxygen atoms in total. The molecule has 0 aromatic heterocycles. The van der Waals surface area contributed by atoms with Gasteiger partial charge in [0.25, 0.3) is 5.91 Å². The largest absolute Gasteiger partial charge is 0.482 e. The zero-order valence-corrected chi connectivity index (χ0v) is 14.9. The van der Waals surface area contributed by atoms with Crippen molar-refractivity contribution in [3.05, 3.63) is 27.2 Å². The molecule has 1 aromatic carbocycles. The smallest absolute Gasteiger partial charge is 0.258 e. The molecule has 0 saturated heterocycles. The molecule has 0 heterocycles. The van der Waals surface area contributed by atoms with Crippen molar-refractivity contribution in [1.29, 1.82) is 0 Å². The summed E-state index contributed by atoms with van der Waals surface area (Å²) in [6.45, 7) is 4.33. The maximum atomic E-state index is 12.1. The van der Waals surface area contributed by atoms with Gasteiger partial charge in [-0.15, -0.1) is 0 Å². The second-order valence-corrected chi connectivity index (χ2v) is 7.15. The molecule has 1 N–H and O–H groups in total. The number of ether oxygens (including phenoxy) is 1. The van der Waals surface area contributed by atoms with E-state index in [1.54, 1.807) is 0 Å². The Labute approximate surface area is 146 Å². The van der Waals surface area contributed by atoms with E-state index in [2.05, 4.69) is 19.2 Å². The molecule has 22 heavy (non-hydrogen) atoms. The summed E-state index contributed by atoms with van der Waals surface area (Å²) < 4.78 is 5.45. The number of rotatable bonds is 4. The molecule has 0 aliphatic heterocycles. The summed E-state index contributed by atoms with van der Waals surface area (Å²) in [6.07, 6.45) is 3.39. The average Bonchev–Trinajstić information content (AvgIpc) is 2.46. The summed E-state index contributed by atoms with van der Waals surface area (Å²) in [4.78, 5) is 12.1. The van der Waals surface area contributed by atoms with Crippen LogP contribution in [0.3, 0.4) is 0 Å². The lowest BCUT2D eigenvalue weighted by atomic mass is 9.78. The highest BCUT2D eigenvalue weighted by atomic mass is 35.5. The Hall–Kier alpha value is -0.640. The Bertz CT molecular complexity index is 550. The molecule has 1 saturated carbocycles. The van der Waals surface area contributed by atoms with Gasteiger partial charge in [-0.2, -0.15) is 0 Å². The maximum absolute atomic E-state index is 12.1. The van der Waals surface area contributed by atoms with Gasteiger partial charge < -0.3 is 10.1 Å². The van der Waals surface area contributed by atoms with E-state index in [4.69, 9.17) is 39.5 Å². The van der Waals surface area contributed by atoms with Crippen LogP contribution in [0.5, 0.6) is 5.75 Å². The van der Waals surface area contributed by atoms with E-state index in [0.717, 1.165) is 12.8 Å². The van der Waals surface area contributed by atoms with Crippen molar-refractivity contribution < 1.29 is 9.53 Å². The number of benzene rings is 1. The lowest BCUT2D eigenvalue weighted by molar-refractivity contribution is -0.124. The lowest BCUT2D eigenvalue weighted by Gasteiger charge is -2.34. The number of nitrogens with one attached hydrogen (secondary N) is 1. The number of carbonyl (C=O) groups is 1. The van der Waals surface area contributed by atoms with Crippen molar-refractivity contribution in [2.24, 2.45) is 11.8 Å². The van der Waals surface area contributed by atoms with Crippen LogP contribution in [0, 0.1) is 11.8 Å². The molecule has 0 spiro atoms. The zero-order valence-electron chi connectivity index (χ0n) is 12.7. The third-order valence-electron chi connectivity index (χ3n) is 4.39. The molecule has 122 valence electrons. The van der Waals surface area contributed by atoms with E-state index in [1.165, 1.54) is 18.6 Å². The van der Waals surface area contributed by atoms with Crippen LogP contribution in [-0.4, -0.2) is 18.6 Å². The third kappa shape index (κ3) is 4.43. The van der Waals surface area contributed by atoms with E-state index < -0.39 is 0 Å². The SMILES string of the molecule is C[C@H]1[C@@H](NC(=O)COc2cc(Cl)c(Cl)cc2Cl)CCC[C@@H]1C. The predicted octanol–water partition coefficient (Wildman–Crippen LogP) is 4.97. The molecular weight excluding hydrogens is 345 g/mol. The molecule has 1 aliphatic rings. The first-order chi connectivity index (χ1) is 10.4. The molecule has 3 atom stereocenters. The monoisotopic (exact) mass is 363 g/mol. The van der Waals surface area contributed by atoms with Gasteiger partial charge >= 0.3 is 0 Å². The van der Waals surface area contributed by atoms with E-state index in [0.29, 0.717) is 32.7 Å². The summed E-state index contributed by atoms with van der Waals surface area (Å²) in [5.74, 6) is 1.32. The number of halogens is 3. The zero-order chi connectivity index (χ0) is 16.3. The minimum Gasteiger partial charge on any atom is -0.482 e. The molecule has 1 aliphatic carbocycles. The van der Waals surface area contributed by atoms with Crippen molar-refractivity contribution >= 4 is 40.7 Å². The Morgan fingerprint density at radius 1 is 1.18 bits per heavy atom. The van der Waals surface area contributed by atoms with Crippen LogP contribution in [0.4, 0.5) is 0 Å². The molecule has 0 radical (unpaired) electrons. The highest BCUT2D eigenvalue weighted by molar-refractivity contribution is 6.43. The number of carbonyl (C=O) groups excluding carboxylic acids is 1. The summed E-state index contributed by atoms with van der Waals surface area (Å²) in [5, 5.41) is 4.08. The first-order valence-corrected chi connectivity index (χ1v) is 8.58.